The van der Waals surface area contributed by atoms with Crippen LogP contribution in [-0.4, -0.2) is 20.0 Å². The highest BCUT2D eigenvalue weighted by Crippen LogP contribution is 2.70. The van der Waals surface area contributed by atoms with Crippen molar-refractivity contribution in [3.05, 3.63) is 0 Å². The predicted octanol–water partition coefficient (Wildman–Crippen LogP) is 2.82. The van der Waals surface area contributed by atoms with Crippen molar-refractivity contribution < 1.29 is 9.47 Å². The standard InChI is InChI=1S/C12H22O2/c1-10(2)9-6-7-11(10,3)12(8-9,13-4)14-5/h9H,6-8H2,1-5H3/t9-,11-/m1/s1. The number of fused-ring (bicyclic) bond motifs is 2. The van der Waals surface area contributed by atoms with Gasteiger partial charge in [-0.05, 0) is 24.2 Å². The van der Waals surface area contributed by atoms with Crippen molar-refractivity contribution in [1.82, 2.24) is 0 Å². The van der Waals surface area contributed by atoms with Gasteiger partial charge in [0.1, 0.15) is 0 Å². The molecule has 2 heteroatoms. The molecule has 0 spiro atoms. The van der Waals surface area contributed by atoms with E-state index in [1.54, 1.807) is 14.2 Å². The van der Waals surface area contributed by atoms with Crippen molar-refractivity contribution in [3.63, 3.8) is 0 Å². The van der Waals surface area contributed by atoms with Crippen LogP contribution in [-0.2, 0) is 9.47 Å². The van der Waals surface area contributed by atoms with E-state index >= 15 is 0 Å². The Balaban J connectivity index is 2.44. The third-order valence-electron chi connectivity index (χ3n) is 5.45. The Kier molecular flexibility index (Phi) is 2.04. The largest absolute Gasteiger partial charge is 0.353 e. The van der Waals surface area contributed by atoms with Crippen LogP contribution in [0.2, 0.25) is 0 Å². The van der Waals surface area contributed by atoms with Gasteiger partial charge in [0.25, 0.3) is 0 Å². The smallest absolute Gasteiger partial charge is 0.173 e. The number of rotatable bonds is 2. The van der Waals surface area contributed by atoms with Crippen LogP contribution in [0.1, 0.15) is 40.0 Å². The Morgan fingerprint density at radius 1 is 1.07 bits per heavy atom. The van der Waals surface area contributed by atoms with Crippen molar-refractivity contribution >= 4 is 0 Å². The van der Waals surface area contributed by atoms with Gasteiger partial charge in [0.05, 0.1) is 0 Å². The molecule has 14 heavy (non-hydrogen) atoms. The highest BCUT2D eigenvalue weighted by molar-refractivity contribution is 5.15. The Morgan fingerprint density at radius 2 is 1.64 bits per heavy atom. The molecule has 2 saturated carbocycles. The molecule has 2 aliphatic rings. The molecule has 0 aromatic rings. The fraction of sp³-hybridized carbons (Fsp3) is 1.00. The second kappa shape index (κ2) is 2.73. The van der Waals surface area contributed by atoms with Gasteiger partial charge in [0.2, 0.25) is 0 Å². The second-order valence-corrected chi connectivity index (χ2v) is 5.65. The molecular formula is C12H22O2. The summed E-state index contributed by atoms with van der Waals surface area (Å²) in [5, 5.41) is 0. The van der Waals surface area contributed by atoms with E-state index in [0.717, 1.165) is 12.3 Å². The topological polar surface area (TPSA) is 18.5 Å². The van der Waals surface area contributed by atoms with Crippen LogP contribution in [0.25, 0.3) is 0 Å². The summed E-state index contributed by atoms with van der Waals surface area (Å²) in [7, 11) is 3.57. The number of methoxy groups -OCH3 is 2. The molecule has 0 aliphatic heterocycles. The third-order valence-corrected chi connectivity index (χ3v) is 5.45. The van der Waals surface area contributed by atoms with Crippen molar-refractivity contribution in [3.8, 4) is 0 Å². The fourth-order valence-electron chi connectivity index (χ4n) is 3.89. The molecule has 2 rings (SSSR count). The molecule has 0 N–H and O–H groups in total. The van der Waals surface area contributed by atoms with Crippen LogP contribution in [0.4, 0.5) is 0 Å². The van der Waals surface area contributed by atoms with Gasteiger partial charge >= 0.3 is 0 Å². The van der Waals surface area contributed by atoms with E-state index in [4.69, 9.17) is 9.47 Å². The summed E-state index contributed by atoms with van der Waals surface area (Å²) in [5.41, 5.74) is 0.521. The average molecular weight is 198 g/mol. The van der Waals surface area contributed by atoms with Gasteiger partial charge in [-0.15, -0.1) is 0 Å². The SMILES string of the molecule is COC1(OC)C[C@H]2CC[C@]1(C)C2(C)C. The Morgan fingerprint density at radius 3 is 1.86 bits per heavy atom. The highest BCUT2D eigenvalue weighted by atomic mass is 16.7. The van der Waals surface area contributed by atoms with Crippen LogP contribution in [0.5, 0.6) is 0 Å². The molecule has 2 aliphatic carbocycles. The number of ether oxygens (including phenoxy) is 2. The van der Waals surface area contributed by atoms with Crippen molar-refractivity contribution in [1.29, 1.82) is 0 Å². The molecule has 0 aromatic heterocycles. The van der Waals surface area contributed by atoms with E-state index in [9.17, 15) is 0 Å². The highest BCUT2D eigenvalue weighted by Gasteiger charge is 2.70. The van der Waals surface area contributed by atoms with Crippen molar-refractivity contribution in [2.45, 2.75) is 45.8 Å². The molecule has 2 nitrogen and oxygen atoms in total. The van der Waals surface area contributed by atoms with Crippen molar-refractivity contribution in [2.75, 3.05) is 14.2 Å². The molecule has 82 valence electrons. The minimum Gasteiger partial charge on any atom is -0.353 e. The minimum atomic E-state index is -0.334. The third kappa shape index (κ3) is 0.849. The molecular weight excluding hydrogens is 176 g/mol. The zero-order chi connectivity index (χ0) is 10.6. The predicted molar refractivity (Wildman–Crippen MR) is 56.0 cm³/mol. The normalized spacial score (nSPS) is 43.1. The molecule has 0 aromatic carbocycles. The van der Waals surface area contributed by atoms with Gasteiger partial charge in [0.15, 0.2) is 5.79 Å². The van der Waals surface area contributed by atoms with E-state index in [1.165, 1.54) is 12.8 Å². The Labute approximate surface area is 87.0 Å². The summed E-state index contributed by atoms with van der Waals surface area (Å²) in [6.07, 6.45) is 3.62. The van der Waals surface area contributed by atoms with Crippen LogP contribution in [0, 0.1) is 16.7 Å². The lowest BCUT2D eigenvalue weighted by molar-refractivity contribution is -0.275. The van der Waals surface area contributed by atoms with E-state index in [-0.39, 0.29) is 11.2 Å². The van der Waals surface area contributed by atoms with Gasteiger partial charge in [-0.25, -0.2) is 0 Å². The number of hydrogen-bond donors (Lipinski definition) is 0. The summed E-state index contributed by atoms with van der Waals surface area (Å²) in [6, 6.07) is 0. The molecule has 0 amide bonds. The lowest BCUT2D eigenvalue weighted by Gasteiger charge is -2.46. The van der Waals surface area contributed by atoms with Gasteiger partial charge < -0.3 is 9.47 Å². The Hall–Kier alpha value is -0.0800. The fourth-order valence-corrected chi connectivity index (χ4v) is 3.89. The maximum absolute atomic E-state index is 5.70. The maximum atomic E-state index is 5.70. The van der Waals surface area contributed by atoms with Gasteiger partial charge in [-0.3, -0.25) is 0 Å². The molecule has 0 heterocycles. The van der Waals surface area contributed by atoms with Gasteiger partial charge in [-0.2, -0.15) is 0 Å². The summed E-state index contributed by atoms with van der Waals surface area (Å²) in [4.78, 5) is 0. The van der Waals surface area contributed by atoms with E-state index in [1.807, 2.05) is 0 Å². The first-order valence-electron chi connectivity index (χ1n) is 5.54. The van der Waals surface area contributed by atoms with Crippen LogP contribution in [0.3, 0.4) is 0 Å². The minimum absolute atomic E-state index is 0.175. The first-order valence-corrected chi connectivity index (χ1v) is 5.54. The molecule has 2 atom stereocenters. The lowest BCUT2D eigenvalue weighted by Crippen LogP contribution is -2.50. The van der Waals surface area contributed by atoms with Gasteiger partial charge in [0, 0.05) is 26.1 Å². The summed E-state index contributed by atoms with van der Waals surface area (Å²) < 4.78 is 11.4. The van der Waals surface area contributed by atoms with E-state index in [2.05, 4.69) is 20.8 Å². The summed E-state index contributed by atoms with van der Waals surface area (Å²) in [6.45, 7) is 7.06. The molecule has 0 saturated heterocycles. The zero-order valence-electron chi connectivity index (χ0n) is 10.0. The maximum Gasteiger partial charge on any atom is 0.173 e. The number of hydrogen-bond acceptors (Lipinski definition) is 2. The zero-order valence-corrected chi connectivity index (χ0v) is 10.0. The van der Waals surface area contributed by atoms with Crippen LogP contribution in [0.15, 0.2) is 0 Å². The van der Waals surface area contributed by atoms with Crippen LogP contribution >= 0.6 is 0 Å². The lowest BCUT2D eigenvalue weighted by atomic mass is 9.68. The van der Waals surface area contributed by atoms with Crippen LogP contribution < -0.4 is 0 Å². The summed E-state index contributed by atoms with van der Waals surface area (Å²) >= 11 is 0. The molecule has 0 unspecified atom stereocenters. The van der Waals surface area contributed by atoms with E-state index < -0.39 is 0 Å². The Bertz CT molecular complexity index is 243. The first-order chi connectivity index (χ1) is 6.43. The molecule has 2 fully saturated rings. The first kappa shape index (κ1) is 10.4. The quantitative estimate of drug-likeness (QED) is 0.635. The monoisotopic (exact) mass is 198 g/mol. The summed E-state index contributed by atoms with van der Waals surface area (Å²) in [5.74, 6) is 0.423. The van der Waals surface area contributed by atoms with E-state index in [0.29, 0.717) is 5.41 Å². The average Bonchev–Trinajstić information content (AvgIpc) is 2.48. The van der Waals surface area contributed by atoms with Gasteiger partial charge in [-0.1, -0.05) is 20.8 Å². The second-order valence-electron chi connectivity index (χ2n) is 5.65. The molecule has 2 bridgehead atoms. The molecule has 0 radical (unpaired) electrons. The van der Waals surface area contributed by atoms with Crippen molar-refractivity contribution in [2.24, 2.45) is 16.7 Å².